The highest BCUT2D eigenvalue weighted by Gasteiger charge is 2.44. The molecule has 0 bridgehead atoms. The molecule has 1 aromatic heterocycles. The van der Waals surface area contributed by atoms with Crippen molar-refractivity contribution < 1.29 is 20.1 Å². The van der Waals surface area contributed by atoms with E-state index in [1.807, 2.05) is 0 Å². The van der Waals surface area contributed by atoms with Gasteiger partial charge in [-0.2, -0.15) is 9.97 Å². The Morgan fingerprint density at radius 3 is 2.48 bits per heavy atom. The molecule has 0 spiro atoms. The van der Waals surface area contributed by atoms with Crippen LogP contribution < -0.4 is 11.4 Å². The van der Waals surface area contributed by atoms with Crippen molar-refractivity contribution >= 4 is 5.95 Å². The number of nitrogens with zero attached hydrogens (tertiary/aromatic N) is 3. The molecule has 0 radical (unpaired) electrons. The van der Waals surface area contributed by atoms with Crippen LogP contribution in [-0.2, 0) is 4.74 Å². The van der Waals surface area contributed by atoms with Crippen molar-refractivity contribution in [2.75, 3.05) is 12.3 Å². The number of aromatic nitrogens is 3. The van der Waals surface area contributed by atoms with Gasteiger partial charge in [-0.1, -0.05) is 30.3 Å². The lowest BCUT2D eigenvalue weighted by atomic mass is 10.1. The van der Waals surface area contributed by atoms with Gasteiger partial charge in [0.2, 0.25) is 5.95 Å². The molecule has 0 aliphatic carbocycles. The summed E-state index contributed by atoms with van der Waals surface area (Å²) in [4.78, 5) is 19.9. The van der Waals surface area contributed by atoms with Crippen molar-refractivity contribution in [3.05, 3.63) is 40.8 Å². The van der Waals surface area contributed by atoms with Crippen LogP contribution in [0.25, 0.3) is 11.4 Å². The molecule has 0 saturated carbocycles. The van der Waals surface area contributed by atoms with Crippen molar-refractivity contribution in [1.29, 1.82) is 0 Å². The lowest BCUT2D eigenvalue weighted by molar-refractivity contribution is -0.0545. The minimum absolute atomic E-state index is 0.151. The molecule has 4 unspecified atom stereocenters. The van der Waals surface area contributed by atoms with Gasteiger partial charge in [0.25, 0.3) is 0 Å². The highest BCUT2D eigenvalue weighted by Crippen LogP contribution is 2.31. The summed E-state index contributed by atoms with van der Waals surface area (Å²) in [5.74, 6) is -0.0604. The van der Waals surface area contributed by atoms with Gasteiger partial charge in [-0.25, -0.2) is 9.36 Å². The highest BCUT2D eigenvalue weighted by atomic mass is 16.6. The fourth-order valence-electron chi connectivity index (χ4n) is 2.54. The Balaban J connectivity index is 2.15. The number of nitrogens with two attached hydrogens (primary N) is 1. The van der Waals surface area contributed by atoms with E-state index in [9.17, 15) is 20.1 Å². The molecule has 23 heavy (non-hydrogen) atoms. The summed E-state index contributed by atoms with van der Waals surface area (Å²) in [6, 6.07) is 8.71. The standard InChI is InChI=1S/C14H16N4O5/c15-13-16-11(7-4-2-1-3-5-7)18(14(22)17-13)12-10(21)9(20)8(6-19)23-12/h1-5,8-10,12,19-21H,6H2,(H2,15,17,22). The fraction of sp³-hybridized carbons (Fsp3) is 0.357. The maximum Gasteiger partial charge on any atom is 0.354 e. The number of aliphatic hydroxyl groups is 3. The third-order valence-corrected chi connectivity index (χ3v) is 3.67. The zero-order chi connectivity index (χ0) is 16.6. The average Bonchev–Trinajstić information content (AvgIpc) is 2.83. The number of anilines is 1. The molecule has 2 heterocycles. The van der Waals surface area contributed by atoms with Gasteiger partial charge in [-0.15, -0.1) is 0 Å². The number of benzene rings is 1. The molecule has 2 aromatic rings. The number of hydrogen-bond acceptors (Lipinski definition) is 8. The average molecular weight is 320 g/mol. The van der Waals surface area contributed by atoms with E-state index in [0.29, 0.717) is 5.56 Å². The smallest absolute Gasteiger partial charge is 0.354 e. The molecule has 4 atom stereocenters. The summed E-state index contributed by atoms with van der Waals surface area (Å²) < 4.78 is 6.42. The number of rotatable bonds is 3. The third kappa shape index (κ3) is 2.70. The molecule has 122 valence electrons. The molecule has 1 saturated heterocycles. The van der Waals surface area contributed by atoms with Crippen molar-refractivity contribution in [3.63, 3.8) is 0 Å². The zero-order valence-electron chi connectivity index (χ0n) is 12.0. The van der Waals surface area contributed by atoms with Crippen molar-refractivity contribution in [1.82, 2.24) is 14.5 Å². The third-order valence-electron chi connectivity index (χ3n) is 3.67. The molecule has 3 rings (SSSR count). The highest BCUT2D eigenvalue weighted by molar-refractivity contribution is 5.56. The first-order chi connectivity index (χ1) is 11.0. The topological polar surface area (TPSA) is 144 Å². The predicted octanol–water partition coefficient (Wildman–Crippen LogP) is -1.50. The van der Waals surface area contributed by atoms with Crippen LogP contribution in [-0.4, -0.2) is 54.8 Å². The van der Waals surface area contributed by atoms with Gasteiger partial charge in [0.1, 0.15) is 24.1 Å². The molecule has 1 aliphatic heterocycles. The number of ether oxygens (including phenoxy) is 1. The number of hydrogen-bond donors (Lipinski definition) is 4. The van der Waals surface area contributed by atoms with E-state index >= 15 is 0 Å². The van der Waals surface area contributed by atoms with Gasteiger partial charge in [0.05, 0.1) is 6.61 Å². The van der Waals surface area contributed by atoms with Gasteiger partial charge < -0.3 is 25.8 Å². The monoisotopic (exact) mass is 320 g/mol. The Morgan fingerprint density at radius 1 is 1.17 bits per heavy atom. The minimum Gasteiger partial charge on any atom is -0.394 e. The van der Waals surface area contributed by atoms with Crippen LogP contribution in [0.3, 0.4) is 0 Å². The van der Waals surface area contributed by atoms with Gasteiger partial charge >= 0.3 is 5.69 Å². The summed E-state index contributed by atoms with van der Waals surface area (Å²) in [7, 11) is 0. The van der Waals surface area contributed by atoms with Gasteiger partial charge in [-0.05, 0) is 0 Å². The second-order valence-corrected chi connectivity index (χ2v) is 5.15. The van der Waals surface area contributed by atoms with Crippen LogP contribution in [0.15, 0.2) is 35.1 Å². The molecule has 1 fully saturated rings. The van der Waals surface area contributed by atoms with Gasteiger partial charge in [0, 0.05) is 5.56 Å². The molecular formula is C14H16N4O5. The summed E-state index contributed by atoms with van der Waals surface area (Å²) in [6.07, 6.45) is -4.99. The number of nitrogen functional groups attached to an aromatic ring is 1. The molecule has 9 nitrogen and oxygen atoms in total. The SMILES string of the molecule is Nc1nc(-c2ccccc2)n(C2OC(CO)C(O)C2O)c(=O)n1. The molecule has 1 aromatic carbocycles. The quantitative estimate of drug-likeness (QED) is 0.535. The Morgan fingerprint density at radius 2 is 1.87 bits per heavy atom. The van der Waals surface area contributed by atoms with E-state index in [4.69, 9.17) is 10.5 Å². The predicted molar refractivity (Wildman–Crippen MR) is 79.1 cm³/mol. The Kier molecular flexibility index (Phi) is 4.09. The van der Waals surface area contributed by atoms with E-state index in [2.05, 4.69) is 9.97 Å². The first-order valence-corrected chi connectivity index (χ1v) is 6.97. The first-order valence-electron chi connectivity index (χ1n) is 6.97. The van der Waals surface area contributed by atoms with Gasteiger partial charge in [-0.3, -0.25) is 0 Å². The first kappa shape index (κ1) is 15.6. The normalized spacial score (nSPS) is 27.3. The molecule has 1 aliphatic rings. The lowest BCUT2D eigenvalue weighted by Gasteiger charge is -2.20. The van der Waals surface area contributed by atoms with Crippen LogP contribution in [0.1, 0.15) is 6.23 Å². The largest absolute Gasteiger partial charge is 0.394 e. The second-order valence-electron chi connectivity index (χ2n) is 5.15. The van der Waals surface area contributed by atoms with Crippen molar-refractivity contribution in [2.45, 2.75) is 24.5 Å². The minimum atomic E-state index is -1.42. The van der Waals surface area contributed by atoms with Crippen molar-refractivity contribution in [2.24, 2.45) is 0 Å². The van der Waals surface area contributed by atoms with E-state index in [0.717, 1.165) is 4.57 Å². The van der Waals surface area contributed by atoms with Crippen LogP contribution in [0.2, 0.25) is 0 Å². The fourth-order valence-corrected chi connectivity index (χ4v) is 2.54. The summed E-state index contributed by atoms with van der Waals surface area (Å²) in [5.41, 5.74) is 5.35. The number of aliphatic hydroxyl groups excluding tert-OH is 3. The van der Waals surface area contributed by atoms with E-state index in [-0.39, 0.29) is 11.8 Å². The van der Waals surface area contributed by atoms with Crippen molar-refractivity contribution in [3.8, 4) is 11.4 Å². The maximum absolute atomic E-state index is 12.3. The second kappa shape index (κ2) is 6.05. The maximum atomic E-state index is 12.3. The van der Waals surface area contributed by atoms with E-state index in [1.165, 1.54) is 0 Å². The lowest BCUT2D eigenvalue weighted by Crippen LogP contribution is -2.37. The Bertz CT molecular complexity index is 751. The van der Waals surface area contributed by atoms with Crippen LogP contribution in [0, 0.1) is 0 Å². The van der Waals surface area contributed by atoms with Crippen LogP contribution in [0.4, 0.5) is 5.95 Å². The molecule has 9 heteroatoms. The summed E-state index contributed by atoms with van der Waals surface area (Å²) in [5, 5.41) is 29.2. The molecular weight excluding hydrogens is 304 g/mol. The summed E-state index contributed by atoms with van der Waals surface area (Å²) >= 11 is 0. The van der Waals surface area contributed by atoms with E-state index in [1.54, 1.807) is 30.3 Å². The summed E-state index contributed by atoms with van der Waals surface area (Å²) in [6.45, 7) is -0.500. The molecule has 0 amide bonds. The van der Waals surface area contributed by atoms with Crippen LogP contribution in [0.5, 0.6) is 0 Å². The zero-order valence-corrected chi connectivity index (χ0v) is 12.0. The Hall–Kier alpha value is -2.33. The molecule has 5 N–H and O–H groups in total. The Labute approximate surface area is 130 Å². The van der Waals surface area contributed by atoms with Gasteiger partial charge in [0.15, 0.2) is 6.23 Å². The van der Waals surface area contributed by atoms with Crippen LogP contribution >= 0.6 is 0 Å². The van der Waals surface area contributed by atoms with E-state index < -0.39 is 36.8 Å².